The summed E-state index contributed by atoms with van der Waals surface area (Å²) >= 11 is 1.75. The van der Waals surface area contributed by atoms with Gasteiger partial charge < -0.3 is 10.2 Å². The minimum atomic E-state index is 0.711. The van der Waals surface area contributed by atoms with Crippen molar-refractivity contribution >= 4 is 27.9 Å². The molecule has 0 bridgehead atoms. The molecular formula is C13H13N3S. The summed E-state index contributed by atoms with van der Waals surface area (Å²) in [4.78, 5) is 6.72. The van der Waals surface area contributed by atoms with Gasteiger partial charge in [0.05, 0.1) is 5.56 Å². The smallest absolute Gasteiger partial charge is 0.137 e. The van der Waals surface area contributed by atoms with Crippen molar-refractivity contribution in [3.63, 3.8) is 0 Å². The predicted octanol–water partition coefficient (Wildman–Crippen LogP) is 3.01. The van der Waals surface area contributed by atoms with E-state index < -0.39 is 0 Å². The van der Waals surface area contributed by atoms with Gasteiger partial charge in [-0.3, -0.25) is 0 Å². The highest BCUT2D eigenvalue weighted by molar-refractivity contribution is 7.14. The van der Waals surface area contributed by atoms with Crippen LogP contribution in [0, 0.1) is 0 Å². The first-order chi connectivity index (χ1) is 8.34. The molecule has 1 aromatic heterocycles. The van der Waals surface area contributed by atoms with Crippen molar-refractivity contribution in [2.45, 2.75) is 0 Å². The Hall–Kier alpha value is -1.81. The van der Waals surface area contributed by atoms with Crippen LogP contribution in [0.15, 0.2) is 46.8 Å². The average molecular weight is 243 g/mol. The minimum Gasteiger partial charge on any atom is -0.346 e. The minimum absolute atomic E-state index is 0.711. The zero-order valence-corrected chi connectivity index (χ0v) is 10.4. The molecule has 0 fully saturated rings. The fourth-order valence-corrected chi connectivity index (χ4v) is 2.73. The number of aliphatic imine (C=N–C) groups is 1. The van der Waals surface area contributed by atoms with E-state index in [2.05, 4.69) is 33.7 Å². The molecule has 0 saturated heterocycles. The van der Waals surface area contributed by atoms with Crippen LogP contribution in [0.4, 0.5) is 10.7 Å². The van der Waals surface area contributed by atoms with Crippen molar-refractivity contribution in [1.82, 2.24) is 0 Å². The van der Waals surface area contributed by atoms with Crippen LogP contribution in [-0.2, 0) is 0 Å². The Labute approximate surface area is 104 Å². The van der Waals surface area contributed by atoms with Crippen molar-refractivity contribution in [2.75, 3.05) is 23.9 Å². The molecular weight excluding hydrogens is 230 g/mol. The lowest BCUT2D eigenvalue weighted by atomic mass is 10.2. The van der Waals surface area contributed by atoms with E-state index in [1.807, 2.05) is 30.3 Å². The average Bonchev–Trinajstić information content (AvgIpc) is 2.84. The van der Waals surface area contributed by atoms with Gasteiger partial charge in [0.15, 0.2) is 0 Å². The lowest BCUT2D eigenvalue weighted by Crippen LogP contribution is -2.27. The molecule has 0 amide bonds. The molecule has 1 aliphatic rings. The molecule has 0 atom stereocenters. The zero-order chi connectivity index (χ0) is 11.7. The Morgan fingerprint density at radius 3 is 2.88 bits per heavy atom. The van der Waals surface area contributed by atoms with Crippen molar-refractivity contribution in [1.29, 1.82) is 0 Å². The van der Waals surface area contributed by atoms with Crippen molar-refractivity contribution in [3.05, 3.63) is 47.3 Å². The zero-order valence-electron chi connectivity index (χ0n) is 9.55. The Kier molecular flexibility index (Phi) is 2.57. The van der Waals surface area contributed by atoms with Gasteiger partial charge in [0.1, 0.15) is 17.5 Å². The molecule has 4 heteroatoms. The molecule has 1 aliphatic heterocycles. The van der Waals surface area contributed by atoms with E-state index in [0.29, 0.717) is 6.67 Å². The molecule has 1 N–H and O–H groups in total. The number of thiophene rings is 1. The molecule has 86 valence electrons. The summed E-state index contributed by atoms with van der Waals surface area (Å²) < 4.78 is 0. The largest absolute Gasteiger partial charge is 0.346 e. The van der Waals surface area contributed by atoms with Gasteiger partial charge in [-0.1, -0.05) is 18.2 Å². The third-order valence-electron chi connectivity index (χ3n) is 2.72. The first kappa shape index (κ1) is 10.4. The Balaban J connectivity index is 1.91. The molecule has 3 nitrogen and oxygen atoms in total. The number of nitrogens with one attached hydrogen (secondary N) is 1. The van der Waals surface area contributed by atoms with Crippen LogP contribution >= 0.6 is 11.3 Å². The summed E-state index contributed by atoms with van der Waals surface area (Å²) in [6.07, 6.45) is 0. The van der Waals surface area contributed by atoms with E-state index >= 15 is 0 Å². The third-order valence-corrected chi connectivity index (χ3v) is 3.75. The Morgan fingerprint density at radius 1 is 1.24 bits per heavy atom. The number of anilines is 2. The van der Waals surface area contributed by atoms with E-state index in [1.165, 1.54) is 10.6 Å². The number of benzene rings is 1. The summed E-state index contributed by atoms with van der Waals surface area (Å²) in [6.45, 7) is 0.711. The lowest BCUT2D eigenvalue weighted by Gasteiger charge is -2.23. The topological polar surface area (TPSA) is 27.6 Å². The van der Waals surface area contributed by atoms with Crippen molar-refractivity contribution < 1.29 is 0 Å². The normalized spacial score (nSPS) is 14.2. The number of para-hydroxylation sites is 1. The Morgan fingerprint density at radius 2 is 2.06 bits per heavy atom. The quantitative estimate of drug-likeness (QED) is 0.833. The molecule has 17 heavy (non-hydrogen) atoms. The third kappa shape index (κ3) is 1.91. The van der Waals surface area contributed by atoms with Crippen LogP contribution in [0.5, 0.6) is 0 Å². The van der Waals surface area contributed by atoms with Crippen LogP contribution < -0.4 is 10.2 Å². The fraction of sp³-hybridized carbons (Fsp3) is 0.154. The standard InChI is InChI=1S/C13H13N3S/c1-16-9-14-12(11-7-8-17-13(11)16)15-10-5-3-2-4-6-10/h2-8H,9H2,1H3,(H,14,15). The first-order valence-electron chi connectivity index (χ1n) is 5.50. The number of hydrogen-bond donors (Lipinski definition) is 1. The second-order valence-electron chi connectivity index (χ2n) is 3.98. The second kappa shape index (κ2) is 4.22. The Bertz CT molecular complexity index is 545. The van der Waals surface area contributed by atoms with E-state index in [4.69, 9.17) is 0 Å². The maximum atomic E-state index is 4.56. The predicted molar refractivity (Wildman–Crippen MR) is 74.2 cm³/mol. The second-order valence-corrected chi connectivity index (χ2v) is 4.87. The van der Waals surface area contributed by atoms with Crippen LogP contribution in [-0.4, -0.2) is 19.6 Å². The van der Waals surface area contributed by atoms with Crippen molar-refractivity contribution in [3.8, 4) is 0 Å². The maximum absolute atomic E-state index is 4.56. The van der Waals surface area contributed by atoms with E-state index in [0.717, 1.165) is 11.5 Å². The molecule has 0 unspecified atom stereocenters. The van der Waals surface area contributed by atoms with Crippen LogP contribution in [0.3, 0.4) is 0 Å². The highest BCUT2D eigenvalue weighted by Crippen LogP contribution is 2.30. The number of fused-ring (bicyclic) bond motifs is 1. The monoisotopic (exact) mass is 243 g/mol. The van der Waals surface area contributed by atoms with E-state index in [1.54, 1.807) is 11.3 Å². The number of hydrogen-bond acceptors (Lipinski definition) is 4. The molecule has 1 aromatic carbocycles. The van der Waals surface area contributed by atoms with E-state index in [-0.39, 0.29) is 0 Å². The van der Waals surface area contributed by atoms with Gasteiger partial charge in [0, 0.05) is 12.7 Å². The van der Waals surface area contributed by atoms with Gasteiger partial charge in [0.25, 0.3) is 0 Å². The van der Waals surface area contributed by atoms with Crippen LogP contribution in [0.2, 0.25) is 0 Å². The van der Waals surface area contributed by atoms with E-state index in [9.17, 15) is 0 Å². The summed E-state index contributed by atoms with van der Waals surface area (Å²) in [5.74, 6) is 0.963. The summed E-state index contributed by atoms with van der Waals surface area (Å²) in [7, 11) is 2.07. The lowest BCUT2D eigenvalue weighted by molar-refractivity contribution is 0.928. The summed E-state index contributed by atoms with van der Waals surface area (Å²) in [5.41, 5.74) is 2.26. The maximum Gasteiger partial charge on any atom is 0.137 e. The first-order valence-corrected chi connectivity index (χ1v) is 6.38. The van der Waals surface area contributed by atoms with Gasteiger partial charge in [0.2, 0.25) is 0 Å². The molecule has 2 aromatic rings. The molecule has 2 heterocycles. The highest BCUT2D eigenvalue weighted by Gasteiger charge is 2.18. The van der Waals surface area contributed by atoms with Gasteiger partial charge in [-0.15, -0.1) is 11.3 Å². The number of amidine groups is 1. The van der Waals surface area contributed by atoms with Gasteiger partial charge in [-0.05, 0) is 23.6 Å². The van der Waals surface area contributed by atoms with Crippen LogP contribution in [0.1, 0.15) is 5.56 Å². The van der Waals surface area contributed by atoms with Crippen molar-refractivity contribution in [2.24, 2.45) is 4.99 Å². The summed E-state index contributed by atoms with van der Waals surface area (Å²) in [5, 5.41) is 6.76. The fourth-order valence-electron chi connectivity index (χ4n) is 1.87. The van der Waals surface area contributed by atoms with Crippen LogP contribution in [0.25, 0.3) is 0 Å². The highest BCUT2D eigenvalue weighted by atomic mass is 32.1. The molecule has 0 aliphatic carbocycles. The molecule has 0 spiro atoms. The van der Waals surface area contributed by atoms with Gasteiger partial charge in [-0.25, -0.2) is 4.99 Å². The molecule has 3 rings (SSSR count). The van der Waals surface area contributed by atoms with Gasteiger partial charge in [-0.2, -0.15) is 0 Å². The number of nitrogens with zero attached hydrogens (tertiary/aromatic N) is 2. The number of rotatable bonds is 1. The SMILES string of the molecule is CN1CN=C(Nc2ccccc2)c2ccsc21. The summed E-state index contributed by atoms with van der Waals surface area (Å²) in [6, 6.07) is 12.3. The molecule has 0 saturated carbocycles. The van der Waals surface area contributed by atoms with Gasteiger partial charge >= 0.3 is 0 Å². The molecule has 0 radical (unpaired) electrons.